The Balaban J connectivity index is 1.86. The van der Waals surface area contributed by atoms with Crippen molar-refractivity contribution >= 4 is 5.91 Å². The van der Waals surface area contributed by atoms with Gasteiger partial charge in [0.1, 0.15) is 0 Å². The van der Waals surface area contributed by atoms with E-state index in [1.54, 1.807) is 0 Å². The van der Waals surface area contributed by atoms with E-state index in [9.17, 15) is 4.79 Å². The minimum Gasteiger partial charge on any atom is -0.490 e. The largest absolute Gasteiger partial charge is 0.490 e. The van der Waals surface area contributed by atoms with Crippen LogP contribution in [-0.2, 0) is 4.79 Å². The number of carbonyl (C=O) groups is 1. The number of rotatable bonds is 1. The number of nitrogens with one attached hydrogen (secondary N) is 1. The fourth-order valence-corrected chi connectivity index (χ4v) is 1.96. The molecule has 1 amide bonds. The predicted octanol–water partition coefficient (Wildman–Crippen LogP) is 1.41. The second-order valence-electron chi connectivity index (χ2n) is 4.08. The van der Waals surface area contributed by atoms with Crippen molar-refractivity contribution in [2.45, 2.75) is 18.9 Å². The van der Waals surface area contributed by atoms with Gasteiger partial charge >= 0.3 is 0 Å². The van der Waals surface area contributed by atoms with Crippen LogP contribution in [0.4, 0.5) is 0 Å². The van der Waals surface area contributed by atoms with Gasteiger partial charge in [-0.2, -0.15) is 0 Å². The molecule has 4 heteroatoms. The van der Waals surface area contributed by atoms with Gasteiger partial charge in [-0.15, -0.1) is 0 Å². The summed E-state index contributed by atoms with van der Waals surface area (Å²) in [4.78, 5) is 10.9. The number of fused-ring (bicyclic) bond motifs is 1. The molecule has 0 radical (unpaired) electrons. The van der Waals surface area contributed by atoms with Crippen molar-refractivity contribution in [2.75, 3.05) is 13.2 Å². The zero-order valence-electron chi connectivity index (χ0n) is 8.86. The molecule has 1 N–H and O–H groups in total. The average molecular weight is 219 g/mol. The summed E-state index contributed by atoms with van der Waals surface area (Å²) in [5, 5.41) is 2.85. The summed E-state index contributed by atoms with van der Waals surface area (Å²) in [5.41, 5.74) is 1.09. The molecule has 1 saturated heterocycles. The number of amides is 1. The lowest BCUT2D eigenvalue weighted by Crippen LogP contribution is -2.41. The maximum Gasteiger partial charge on any atom is 0.222 e. The number of hydrogen-bond acceptors (Lipinski definition) is 3. The molecule has 16 heavy (non-hydrogen) atoms. The number of hydrogen-bond donors (Lipinski definition) is 1. The van der Waals surface area contributed by atoms with Crippen molar-refractivity contribution < 1.29 is 14.3 Å². The maximum absolute atomic E-state index is 10.9. The third-order valence-corrected chi connectivity index (χ3v) is 2.90. The topological polar surface area (TPSA) is 47.6 Å². The Morgan fingerprint density at radius 3 is 2.69 bits per heavy atom. The molecule has 0 aromatic heterocycles. The van der Waals surface area contributed by atoms with Crippen LogP contribution in [0.2, 0.25) is 0 Å². The van der Waals surface area contributed by atoms with E-state index in [2.05, 4.69) is 5.32 Å². The zero-order valence-corrected chi connectivity index (χ0v) is 8.86. The molecular weight excluding hydrogens is 206 g/mol. The number of β-lactam (4-membered cyclic amide) rings is 1. The van der Waals surface area contributed by atoms with Crippen LogP contribution >= 0.6 is 0 Å². The van der Waals surface area contributed by atoms with Gasteiger partial charge in [0.25, 0.3) is 0 Å². The van der Waals surface area contributed by atoms with Crippen LogP contribution < -0.4 is 14.8 Å². The van der Waals surface area contributed by atoms with Gasteiger partial charge in [-0.05, 0) is 17.7 Å². The highest BCUT2D eigenvalue weighted by atomic mass is 16.5. The van der Waals surface area contributed by atoms with Crippen LogP contribution in [0.3, 0.4) is 0 Å². The van der Waals surface area contributed by atoms with Crippen molar-refractivity contribution in [1.29, 1.82) is 0 Å². The normalized spacial score (nSPS) is 23.0. The zero-order chi connectivity index (χ0) is 11.0. The molecule has 1 unspecified atom stereocenters. The Labute approximate surface area is 93.5 Å². The van der Waals surface area contributed by atoms with Gasteiger partial charge in [0.2, 0.25) is 5.91 Å². The summed E-state index contributed by atoms with van der Waals surface area (Å²) in [6.07, 6.45) is 1.48. The lowest BCUT2D eigenvalue weighted by atomic mass is 9.97. The Morgan fingerprint density at radius 1 is 1.19 bits per heavy atom. The molecule has 0 saturated carbocycles. The van der Waals surface area contributed by atoms with Crippen LogP contribution in [0.1, 0.15) is 24.4 Å². The number of carbonyl (C=O) groups excluding carboxylic acids is 1. The highest BCUT2D eigenvalue weighted by Gasteiger charge is 2.27. The van der Waals surface area contributed by atoms with Gasteiger partial charge in [0.15, 0.2) is 11.5 Å². The summed E-state index contributed by atoms with van der Waals surface area (Å²) < 4.78 is 11.1. The van der Waals surface area contributed by atoms with Gasteiger partial charge < -0.3 is 14.8 Å². The molecule has 4 nitrogen and oxygen atoms in total. The lowest BCUT2D eigenvalue weighted by Gasteiger charge is -2.27. The van der Waals surface area contributed by atoms with E-state index in [0.29, 0.717) is 19.6 Å². The highest BCUT2D eigenvalue weighted by Crippen LogP contribution is 2.34. The molecule has 1 fully saturated rings. The summed E-state index contributed by atoms with van der Waals surface area (Å²) >= 11 is 0. The summed E-state index contributed by atoms with van der Waals surface area (Å²) in [7, 11) is 0. The number of benzene rings is 1. The Morgan fingerprint density at radius 2 is 1.94 bits per heavy atom. The van der Waals surface area contributed by atoms with Crippen LogP contribution in [0.25, 0.3) is 0 Å². The summed E-state index contributed by atoms with van der Waals surface area (Å²) in [6.45, 7) is 1.39. The summed E-state index contributed by atoms with van der Waals surface area (Å²) in [6, 6.07) is 6.01. The first kappa shape index (κ1) is 9.51. The Bertz CT molecular complexity index is 422. The van der Waals surface area contributed by atoms with Crippen LogP contribution in [-0.4, -0.2) is 19.1 Å². The van der Waals surface area contributed by atoms with Crippen molar-refractivity contribution in [1.82, 2.24) is 5.32 Å². The molecule has 3 rings (SSSR count). The first-order chi connectivity index (χ1) is 7.83. The van der Waals surface area contributed by atoms with E-state index in [-0.39, 0.29) is 11.9 Å². The van der Waals surface area contributed by atoms with E-state index in [1.807, 2.05) is 18.2 Å². The van der Waals surface area contributed by atoms with Crippen LogP contribution in [0.15, 0.2) is 18.2 Å². The first-order valence-electron chi connectivity index (χ1n) is 5.52. The molecular formula is C12H13NO3. The molecule has 1 aromatic rings. The van der Waals surface area contributed by atoms with Gasteiger partial charge in [0.05, 0.1) is 25.7 Å². The van der Waals surface area contributed by atoms with Crippen molar-refractivity contribution in [2.24, 2.45) is 0 Å². The highest BCUT2D eigenvalue weighted by molar-refractivity contribution is 5.83. The van der Waals surface area contributed by atoms with Gasteiger partial charge in [0, 0.05) is 6.42 Å². The maximum atomic E-state index is 10.9. The van der Waals surface area contributed by atoms with Gasteiger partial charge in [-0.3, -0.25) is 4.79 Å². The number of ether oxygens (including phenoxy) is 2. The fourth-order valence-electron chi connectivity index (χ4n) is 1.96. The first-order valence-corrected chi connectivity index (χ1v) is 5.52. The SMILES string of the molecule is O=C1CC(c2ccc3c(c2)OCCCO3)N1. The molecule has 0 spiro atoms. The van der Waals surface area contributed by atoms with Crippen molar-refractivity contribution in [3.05, 3.63) is 23.8 Å². The van der Waals surface area contributed by atoms with E-state index in [4.69, 9.17) is 9.47 Å². The minimum atomic E-state index is 0.108. The third-order valence-electron chi connectivity index (χ3n) is 2.90. The fraction of sp³-hybridized carbons (Fsp3) is 0.417. The minimum absolute atomic E-state index is 0.108. The molecule has 1 atom stereocenters. The molecule has 84 valence electrons. The van der Waals surface area contributed by atoms with Gasteiger partial charge in [-0.1, -0.05) is 6.07 Å². The smallest absolute Gasteiger partial charge is 0.222 e. The molecule has 1 aromatic carbocycles. The third kappa shape index (κ3) is 1.60. The Kier molecular flexibility index (Phi) is 2.20. The predicted molar refractivity (Wildman–Crippen MR) is 57.5 cm³/mol. The second-order valence-corrected chi connectivity index (χ2v) is 4.08. The molecule has 2 aliphatic rings. The monoisotopic (exact) mass is 219 g/mol. The molecule has 2 heterocycles. The van der Waals surface area contributed by atoms with E-state index < -0.39 is 0 Å². The molecule has 0 bridgehead atoms. The van der Waals surface area contributed by atoms with Crippen LogP contribution in [0, 0.1) is 0 Å². The van der Waals surface area contributed by atoms with E-state index >= 15 is 0 Å². The van der Waals surface area contributed by atoms with Gasteiger partial charge in [-0.25, -0.2) is 0 Å². The summed E-state index contributed by atoms with van der Waals surface area (Å²) in [5.74, 6) is 1.69. The van der Waals surface area contributed by atoms with E-state index in [1.165, 1.54) is 0 Å². The molecule has 2 aliphatic heterocycles. The standard InChI is InChI=1S/C12H13NO3/c14-12-7-9(13-12)8-2-3-10-11(6-8)16-5-1-4-15-10/h2-3,6,9H,1,4-5,7H2,(H,13,14). The van der Waals surface area contributed by atoms with Crippen molar-refractivity contribution in [3.63, 3.8) is 0 Å². The average Bonchev–Trinajstić information content (AvgIpc) is 2.48. The molecule has 0 aliphatic carbocycles. The second kappa shape index (κ2) is 3.70. The van der Waals surface area contributed by atoms with Crippen molar-refractivity contribution in [3.8, 4) is 11.5 Å². The van der Waals surface area contributed by atoms with E-state index in [0.717, 1.165) is 23.5 Å². The Hall–Kier alpha value is -1.71. The van der Waals surface area contributed by atoms with Crippen LogP contribution in [0.5, 0.6) is 11.5 Å². The lowest BCUT2D eigenvalue weighted by molar-refractivity contribution is -0.128. The quantitative estimate of drug-likeness (QED) is 0.726.